The van der Waals surface area contributed by atoms with Gasteiger partial charge < -0.3 is 20.3 Å². The third-order valence-electron chi connectivity index (χ3n) is 4.70. The molecule has 1 aliphatic carbocycles. The number of likely N-dealkylation sites (tertiary alicyclic amines) is 1. The molecule has 2 atom stereocenters. The number of nitrogens with zero attached hydrogens (tertiary/aromatic N) is 2. The van der Waals surface area contributed by atoms with E-state index in [1.54, 1.807) is 4.90 Å². The Bertz CT molecular complexity index is 477. The van der Waals surface area contributed by atoms with Gasteiger partial charge in [0.2, 0.25) is 17.7 Å². The lowest BCUT2D eigenvalue weighted by Crippen LogP contribution is -2.54. The van der Waals surface area contributed by atoms with Crippen molar-refractivity contribution < 1.29 is 19.1 Å². The van der Waals surface area contributed by atoms with Crippen molar-refractivity contribution >= 4 is 17.7 Å². The maximum Gasteiger partial charge on any atom is 0.248 e. The molecule has 0 aromatic carbocycles. The fourth-order valence-corrected chi connectivity index (χ4v) is 3.25. The highest BCUT2D eigenvalue weighted by Crippen LogP contribution is 2.32. The Labute approximate surface area is 129 Å². The zero-order chi connectivity index (χ0) is 15.7. The van der Waals surface area contributed by atoms with Crippen LogP contribution in [0.2, 0.25) is 0 Å². The molecular weight excluding hydrogens is 286 g/mol. The average Bonchev–Trinajstić information content (AvgIpc) is 3.38. The van der Waals surface area contributed by atoms with Gasteiger partial charge in [0.1, 0.15) is 0 Å². The summed E-state index contributed by atoms with van der Waals surface area (Å²) in [6.07, 6.45) is 2.91. The van der Waals surface area contributed by atoms with Gasteiger partial charge >= 0.3 is 0 Å². The van der Waals surface area contributed by atoms with Crippen LogP contribution in [-0.2, 0) is 19.1 Å². The molecule has 0 radical (unpaired) electrons. The first-order valence-corrected chi connectivity index (χ1v) is 8.04. The summed E-state index contributed by atoms with van der Waals surface area (Å²) in [6, 6.07) is 0. The molecule has 7 nitrogen and oxygen atoms in total. The number of morpholine rings is 1. The van der Waals surface area contributed by atoms with E-state index in [-0.39, 0.29) is 30.2 Å². The van der Waals surface area contributed by atoms with Crippen LogP contribution in [0.5, 0.6) is 0 Å². The molecule has 2 aliphatic heterocycles. The standard InChI is InChI=1S/C15H23N3O4/c16-13(19)12-9-18(6-7-22-12)15(21)11-2-1-5-17(8-11)14(20)10-3-4-10/h10-12H,1-9H2,(H2,16,19). The molecule has 3 aliphatic rings. The first-order chi connectivity index (χ1) is 10.6. The minimum Gasteiger partial charge on any atom is -0.367 e. The Morgan fingerprint density at radius 2 is 1.59 bits per heavy atom. The first-order valence-electron chi connectivity index (χ1n) is 8.04. The number of nitrogens with two attached hydrogens (primary N) is 1. The number of piperidine rings is 1. The molecule has 1 saturated carbocycles. The van der Waals surface area contributed by atoms with Crippen LogP contribution in [0.1, 0.15) is 25.7 Å². The summed E-state index contributed by atoms with van der Waals surface area (Å²) in [4.78, 5) is 39.6. The number of ether oxygens (including phenoxy) is 1. The van der Waals surface area contributed by atoms with E-state index >= 15 is 0 Å². The van der Waals surface area contributed by atoms with E-state index in [4.69, 9.17) is 10.5 Å². The van der Waals surface area contributed by atoms with E-state index < -0.39 is 12.0 Å². The van der Waals surface area contributed by atoms with Gasteiger partial charge in [-0.2, -0.15) is 0 Å². The van der Waals surface area contributed by atoms with Crippen molar-refractivity contribution in [2.45, 2.75) is 31.8 Å². The zero-order valence-corrected chi connectivity index (χ0v) is 12.7. The minimum atomic E-state index is -0.717. The average molecular weight is 309 g/mol. The van der Waals surface area contributed by atoms with Crippen LogP contribution < -0.4 is 5.73 Å². The molecule has 2 saturated heterocycles. The van der Waals surface area contributed by atoms with E-state index in [0.29, 0.717) is 19.7 Å². The Kier molecular flexibility index (Phi) is 4.33. The first kappa shape index (κ1) is 15.3. The second kappa shape index (κ2) is 6.24. The molecule has 0 bridgehead atoms. The van der Waals surface area contributed by atoms with Crippen molar-refractivity contribution in [2.75, 3.05) is 32.8 Å². The number of primary amides is 1. The molecule has 0 aromatic heterocycles. The fourth-order valence-electron chi connectivity index (χ4n) is 3.25. The topological polar surface area (TPSA) is 92.9 Å². The lowest BCUT2D eigenvalue weighted by Gasteiger charge is -2.37. The van der Waals surface area contributed by atoms with Crippen molar-refractivity contribution in [3.63, 3.8) is 0 Å². The highest BCUT2D eigenvalue weighted by molar-refractivity contribution is 5.84. The highest BCUT2D eigenvalue weighted by Gasteiger charge is 2.38. The quantitative estimate of drug-likeness (QED) is 0.749. The lowest BCUT2D eigenvalue weighted by atomic mass is 9.95. The number of carbonyl (C=O) groups excluding carboxylic acids is 3. The van der Waals surface area contributed by atoms with Crippen molar-refractivity contribution in [2.24, 2.45) is 17.6 Å². The summed E-state index contributed by atoms with van der Waals surface area (Å²) in [5.41, 5.74) is 5.26. The summed E-state index contributed by atoms with van der Waals surface area (Å²) < 4.78 is 5.27. The summed E-state index contributed by atoms with van der Waals surface area (Å²) in [6.45, 7) is 2.30. The van der Waals surface area contributed by atoms with Crippen LogP contribution in [0, 0.1) is 11.8 Å². The predicted octanol–water partition coefficient (Wildman–Crippen LogP) is -0.652. The molecule has 2 unspecified atom stereocenters. The van der Waals surface area contributed by atoms with Gasteiger partial charge in [0.05, 0.1) is 19.1 Å². The van der Waals surface area contributed by atoms with Gasteiger partial charge in [-0.15, -0.1) is 0 Å². The number of hydrogen-bond acceptors (Lipinski definition) is 4. The Balaban J connectivity index is 1.58. The minimum absolute atomic E-state index is 0.0165. The van der Waals surface area contributed by atoms with Crippen LogP contribution in [0.15, 0.2) is 0 Å². The molecule has 3 fully saturated rings. The van der Waals surface area contributed by atoms with Crippen molar-refractivity contribution in [3.05, 3.63) is 0 Å². The third kappa shape index (κ3) is 3.24. The van der Waals surface area contributed by atoms with Crippen molar-refractivity contribution in [1.82, 2.24) is 9.80 Å². The van der Waals surface area contributed by atoms with Gasteiger partial charge in [-0.25, -0.2) is 0 Å². The highest BCUT2D eigenvalue weighted by atomic mass is 16.5. The van der Waals surface area contributed by atoms with Gasteiger partial charge in [0.25, 0.3) is 0 Å². The van der Waals surface area contributed by atoms with Crippen LogP contribution in [0.25, 0.3) is 0 Å². The van der Waals surface area contributed by atoms with Crippen LogP contribution in [0.3, 0.4) is 0 Å². The Morgan fingerprint density at radius 3 is 2.27 bits per heavy atom. The maximum absolute atomic E-state index is 12.7. The third-order valence-corrected chi connectivity index (χ3v) is 4.70. The molecule has 3 amide bonds. The van der Waals surface area contributed by atoms with Gasteiger partial charge in [-0.1, -0.05) is 0 Å². The van der Waals surface area contributed by atoms with Crippen LogP contribution >= 0.6 is 0 Å². The van der Waals surface area contributed by atoms with E-state index in [1.807, 2.05) is 4.90 Å². The number of carbonyl (C=O) groups is 3. The van der Waals surface area contributed by atoms with E-state index in [1.165, 1.54) is 0 Å². The number of amides is 3. The Hall–Kier alpha value is -1.63. The van der Waals surface area contributed by atoms with Gasteiger partial charge in [-0.05, 0) is 25.7 Å². The largest absolute Gasteiger partial charge is 0.367 e. The molecule has 0 spiro atoms. The molecule has 7 heteroatoms. The van der Waals surface area contributed by atoms with Crippen LogP contribution in [-0.4, -0.2) is 66.4 Å². The zero-order valence-electron chi connectivity index (χ0n) is 12.7. The van der Waals surface area contributed by atoms with E-state index in [2.05, 4.69) is 0 Å². The Morgan fingerprint density at radius 1 is 0.909 bits per heavy atom. The summed E-state index contributed by atoms with van der Waals surface area (Å²) in [5.74, 6) is -0.288. The van der Waals surface area contributed by atoms with Crippen LogP contribution in [0.4, 0.5) is 0 Å². The second-order valence-electron chi connectivity index (χ2n) is 6.44. The maximum atomic E-state index is 12.7. The van der Waals surface area contributed by atoms with Gasteiger partial charge in [-0.3, -0.25) is 14.4 Å². The molecule has 0 aromatic rings. The van der Waals surface area contributed by atoms with Gasteiger partial charge in [0, 0.05) is 25.6 Å². The predicted molar refractivity (Wildman–Crippen MR) is 77.5 cm³/mol. The summed E-state index contributed by atoms with van der Waals surface area (Å²) in [5, 5.41) is 0. The molecule has 3 rings (SSSR count). The fraction of sp³-hybridized carbons (Fsp3) is 0.800. The molecule has 2 N–H and O–H groups in total. The smallest absolute Gasteiger partial charge is 0.248 e. The lowest BCUT2D eigenvalue weighted by molar-refractivity contribution is -0.150. The van der Waals surface area contributed by atoms with E-state index in [0.717, 1.165) is 32.2 Å². The van der Waals surface area contributed by atoms with Gasteiger partial charge in [0.15, 0.2) is 6.10 Å². The normalized spacial score (nSPS) is 29.3. The SMILES string of the molecule is NC(=O)C1CN(C(=O)C2CCCN(C(=O)C3CC3)C2)CCO1. The molecular formula is C15H23N3O4. The molecule has 122 valence electrons. The summed E-state index contributed by atoms with van der Waals surface area (Å²) in [7, 11) is 0. The monoisotopic (exact) mass is 309 g/mol. The molecule has 2 heterocycles. The van der Waals surface area contributed by atoms with E-state index in [9.17, 15) is 14.4 Å². The van der Waals surface area contributed by atoms with Crippen molar-refractivity contribution in [3.8, 4) is 0 Å². The number of hydrogen-bond donors (Lipinski definition) is 1. The van der Waals surface area contributed by atoms with Crippen molar-refractivity contribution in [1.29, 1.82) is 0 Å². The number of rotatable bonds is 3. The molecule has 22 heavy (non-hydrogen) atoms. The second-order valence-corrected chi connectivity index (χ2v) is 6.44. The summed E-state index contributed by atoms with van der Waals surface area (Å²) >= 11 is 0.